The number of ether oxygens (including phenoxy) is 1. The van der Waals surface area contributed by atoms with Gasteiger partial charge in [-0.2, -0.15) is 18.4 Å². The second-order valence-corrected chi connectivity index (χ2v) is 7.50. The van der Waals surface area contributed by atoms with Gasteiger partial charge in [-0.1, -0.05) is 35.9 Å². The van der Waals surface area contributed by atoms with Gasteiger partial charge in [0.25, 0.3) is 10.0 Å². The molecule has 3 rings (SSSR count). The van der Waals surface area contributed by atoms with Crippen molar-refractivity contribution >= 4 is 15.7 Å². The van der Waals surface area contributed by atoms with E-state index in [9.17, 15) is 8.42 Å². The van der Waals surface area contributed by atoms with Crippen molar-refractivity contribution in [1.29, 1.82) is 0 Å². The molecule has 0 atom stereocenters. The fourth-order valence-electron chi connectivity index (χ4n) is 2.73. The summed E-state index contributed by atoms with van der Waals surface area (Å²) in [6, 6.07) is 12.5. The summed E-state index contributed by atoms with van der Waals surface area (Å²) in [5.74, 6) is 0.682. The van der Waals surface area contributed by atoms with Crippen molar-refractivity contribution < 1.29 is 13.2 Å². The topological polar surface area (TPSA) is 67.8 Å². The summed E-state index contributed by atoms with van der Waals surface area (Å²) >= 11 is 0. The van der Waals surface area contributed by atoms with Gasteiger partial charge in [-0.15, -0.1) is 0 Å². The van der Waals surface area contributed by atoms with Crippen LogP contribution >= 0.6 is 0 Å². The molecular formula is C19H20N2O3S. The van der Waals surface area contributed by atoms with Crippen LogP contribution in [-0.4, -0.2) is 14.1 Å². The molecule has 6 heteroatoms. The van der Waals surface area contributed by atoms with Crippen LogP contribution in [0.3, 0.4) is 0 Å². The zero-order chi connectivity index (χ0) is 17.9. The Morgan fingerprint density at radius 2 is 1.88 bits per heavy atom. The lowest BCUT2D eigenvalue weighted by Gasteiger charge is -2.09. The van der Waals surface area contributed by atoms with Crippen LogP contribution in [-0.2, 0) is 16.4 Å². The minimum atomic E-state index is -3.69. The van der Waals surface area contributed by atoms with Crippen molar-refractivity contribution in [1.82, 2.24) is 4.83 Å². The Morgan fingerprint density at radius 3 is 2.60 bits per heavy atom. The molecule has 0 heterocycles. The lowest BCUT2D eigenvalue weighted by Crippen LogP contribution is -2.20. The molecule has 0 spiro atoms. The normalized spacial score (nSPS) is 15.5. The molecule has 0 saturated heterocycles. The molecule has 0 aliphatic heterocycles. The van der Waals surface area contributed by atoms with Crippen LogP contribution in [0, 0.1) is 6.92 Å². The number of aryl methyl sites for hydroxylation is 2. The van der Waals surface area contributed by atoms with E-state index in [0.29, 0.717) is 17.9 Å². The molecule has 0 unspecified atom stereocenters. The molecule has 25 heavy (non-hydrogen) atoms. The third-order valence-corrected chi connectivity index (χ3v) is 5.22. The standard InChI is InChI=1S/C19H20N2O3S/c1-3-13-24-18-6-4-5-15-9-12-17(19(15)18)20-21-25(22,23)16-10-7-14(2)8-11-16/h3-8,10-11,13,21H,9,12H2,1-2H3/b13-3+,20-17+. The molecule has 0 bridgehead atoms. The highest BCUT2D eigenvalue weighted by molar-refractivity contribution is 7.89. The monoisotopic (exact) mass is 356 g/mol. The highest BCUT2D eigenvalue weighted by Gasteiger charge is 2.23. The summed E-state index contributed by atoms with van der Waals surface area (Å²) in [6.07, 6.45) is 4.88. The summed E-state index contributed by atoms with van der Waals surface area (Å²) in [6.45, 7) is 3.78. The summed E-state index contributed by atoms with van der Waals surface area (Å²) in [5.41, 5.74) is 3.66. The van der Waals surface area contributed by atoms with Crippen LogP contribution in [0.1, 0.15) is 30.0 Å². The maximum atomic E-state index is 12.4. The Balaban J connectivity index is 1.89. The first-order valence-electron chi connectivity index (χ1n) is 8.06. The van der Waals surface area contributed by atoms with Crippen molar-refractivity contribution in [3.05, 3.63) is 71.5 Å². The SMILES string of the molecule is C/C=C/Oc1cccc2c1/C(=N/NS(=O)(=O)c1ccc(C)cc1)CC2. The molecule has 2 aromatic rings. The van der Waals surface area contributed by atoms with E-state index in [-0.39, 0.29) is 4.90 Å². The number of nitrogens with one attached hydrogen (secondary N) is 1. The van der Waals surface area contributed by atoms with Crippen LogP contribution in [0.25, 0.3) is 0 Å². The summed E-state index contributed by atoms with van der Waals surface area (Å²) in [4.78, 5) is 2.54. The summed E-state index contributed by atoms with van der Waals surface area (Å²) in [7, 11) is -3.69. The largest absolute Gasteiger partial charge is 0.465 e. The van der Waals surface area contributed by atoms with E-state index in [4.69, 9.17) is 4.74 Å². The maximum Gasteiger partial charge on any atom is 0.276 e. The van der Waals surface area contributed by atoms with Crippen LogP contribution in [0.15, 0.2) is 64.8 Å². The molecule has 2 aromatic carbocycles. The van der Waals surface area contributed by atoms with Gasteiger partial charge in [0, 0.05) is 5.56 Å². The molecule has 1 aliphatic carbocycles. The average molecular weight is 356 g/mol. The smallest absolute Gasteiger partial charge is 0.276 e. The van der Waals surface area contributed by atoms with Crippen molar-refractivity contribution in [2.24, 2.45) is 5.10 Å². The number of sulfonamides is 1. The van der Waals surface area contributed by atoms with Gasteiger partial charge < -0.3 is 4.74 Å². The lowest BCUT2D eigenvalue weighted by molar-refractivity contribution is 0.479. The second-order valence-electron chi connectivity index (χ2n) is 5.84. The number of hydrogen-bond donors (Lipinski definition) is 1. The zero-order valence-corrected chi connectivity index (χ0v) is 15.0. The molecule has 0 saturated carbocycles. The number of allylic oxidation sites excluding steroid dienone is 1. The molecule has 0 amide bonds. The number of hydrogen-bond acceptors (Lipinski definition) is 4. The van der Waals surface area contributed by atoms with Crippen molar-refractivity contribution in [3.63, 3.8) is 0 Å². The molecule has 1 aliphatic rings. The number of rotatable bonds is 5. The van der Waals surface area contributed by atoms with Gasteiger partial charge in [0.15, 0.2) is 0 Å². The van der Waals surface area contributed by atoms with Gasteiger partial charge in [-0.3, -0.25) is 0 Å². The molecule has 1 N–H and O–H groups in total. The molecular weight excluding hydrogens is 336 g/mol. The Morgan fingerprint density at radius 1 is 1.12 bits per heavy atom. The third kappa shape index (κ3) is 3.74. The average Bonchev–Trinajstić information content (AvgIpc) is 3.02. The quantitative estimate of drug-likeness (QED) is 0.658. The number of benzene rings is 2. The zero-order valence-electron chi connectivity index (χ0n) is 14.2. The van der Waals surface area contributed by atoms with Gasteiger partial charge in [0.1, 0.15) is 5.75 Å². The van der Waals surface area contributed by atoms with E-state index in [0.717, 1.165) is 23.1 Å². The molecule has 0 radical (unpaired) electrons. The first-order valence-corrected chi connectivity index (χ1v) is 9.54. The molecule has 0 fully saturated rings. The van der Waals surface area contributed by atoms with Crippen molar-refractivity contribution in [2.45, 2.75) is 31.6 Å². The van der Waals surface area contributed by atoms with Gasteiger partial charge in [0.2, 0.25) is 0 Å². The minimum absolute atomic E-state index is 0.194. The van der Waals surface area contributed by atoms with Gasteiger partial charge in [-0.05, 0) is 50.5 Å². The minimum Gasteiger partial charge on any atom is -0.465 e. The molecule has 5 nitrogen and oxygen atoms in total. The Bertz CT molecular complexity index is 930. The Labute approximate surface area is 148 Å². The highest BCUT2D eigenvalue weighted by Crippen LogP contribution is 2.31. The second kappa shape index (κ2) is 7.11. The van der Waals surface area contributed by atoms with E-state index in [2.05, 4.69) is 9.93 Å². The highest BCUT2D eigenvalue weighted by atomic mass is 32.2. The fourth-order valence-corrected chi connectivity index (χ4v) is 3.56. The Hall–Kier alpha value is -2.60. The number of nitrogens with zero attached hydrogens (tertiary/aromatic N) is 1. The van der Waals surface area contributed by atoms with E-state index < -0.39 is 10.0 Å². The number of hydrazone groups is 1. The first-order chi connectivity index (χ1) is 12.0. The summed E-state index contributed by atoms with van der Waals surface area (Å²) in [5, 5.41) is 4.18. The molecule has 0 aromatic heterocycles. The van der Waals surface area contributed by atoms with Gasteiger partial charge in [-0.25, -0.2) is 0 Å². The molecule has 130 valence electrons. The first kappa shape index (κ1) is 17.2. The van der Waals surface area contributed by atoms with Gasteiger partial charge >= 0.3 is 0 Å². The Kier molecular flexibility index (Phi) is 4.90. The predicted octanol–water partition coefficient (Wildman–Crippen LogP) is 3.54. The van der Waals surface area contributed by atoms with E-state index in [1.54, 1.807) is 36.6 Å². The van der Waals surface area contributed by atoms with Crippen LogP contribution < -0.4 is 9.57 Å². The van der Waals surface area contributed by atoms with Crippen molar-refractivity contribution in [2.75, 3.05) is 0 Å². The van der Waals surface area contributed by atoms with Crippen LogP contribution in [0.2, 0.25) is 0 Å². The van der Waals surface area contributed by atoms with Crippen LogP contribution in [0.4, 0.5) is 0 Å². The lowest BCUT2D eigenvalue weighted by atomic mass is 10.1. The number of fused-ring (bicyclic) bond motifs is 1. The van der Waals surface area contributed by atoms with E-state index in [1.165, 1.54) is 0 Å². The third-order valence-electron chi connectivity index (χ3n) is 4.00. The van der Waals surface area contributed by atoms with Gasteiger partial charge in [0.05, 0.1) is 16.9 Å². The maximum absolute atomic E-state index is 12.4. The van der Waals surface area contributed by atoms with Crippen molar-refractivity contribution in [3.8, 4) is 5.75 Å². The van der Waals surface area contributed by atoms with E-state index >= 15 is 0 Å². The van der Waals surface area contributed by atoms with E-state index in [1.807, 2.05) is 32.0 Å². The predicted molar refractivity (Wildman–Crippen MR) is 98.2 cm³/mol. The fraction of sp³-hybridized carbons (Fsp3) is 0.211. The van der Waals surface area contributed by atoms with Crippen LogP contribution in [0.5, 0.6) is 5.75 Å². The summed E-state index contributed by atoms with van der Waals surface area (Å²) < 4.78 is 30.4.